The highest BCUT2D eigenvalue weighted by atomic mass is 16.5. The predicted molar refractivity (Wildman–Crippen MR) is 50.4 cm³/mol. The number of carbonyl (C=O) groups excluding carboxylic acids is 1. The Morgan fingerprint density at radius 3 is 3.07 bits per heavy atom. The van der Waals surface area contributed by atoms with Crippen LogP contribution < -0.4 is 10.6 Å². The van der Waals surface area contributed by atoms with Crippen LogP contribution in [0.15, 0.2) is 0 Å². The molecule has 5 nitrogen and oxygen atoms in total. The summed E-state index contributed by atoms with van der Waals surface area (Å²) in [6.07, 6.45) is 0.351. The van der Waals surface area contributed by atoms with Crippen LogP contribution in [-0.2, 0) is 9.53 Å². The second-order valence-corrected chi connectivity index (χ2v) is 3.24. The molecule has 78 valence electrons. The van der Waals surface area contributed by atoms with Gasteiger partial charge in [0.2, 0.25) is 5.91 Å². The summed E-state index contributed by atoms with van der Waals surface area (Å²) in [7, 11) is 1.81. The van der Waals surface area contributed by atoms with Crippen molar-refractivity contribution in [1.29, 1.82) is 5.26 Å². The van der Waals surface area contributed by atoms with Crippen molar-refractivity contribution in [2.45, 2.75) is 12.5 Å². The number of nitrogens with zero attached hydrogens (tertiary/aromatic N) is 1. The maximum atomic E-state index is 11.5. The van der Waals surface area contributed by atoms with E-state index in [0.717, 1.165) is 0 Å². The van der Waals surface area contributed by atoms with Gasteiger partial charge in [0.05, 0.1) is 31.6 Å². The normalized spacial score (nSPS) is 25.7. The van der Waals surface area contributed by atoms with Gasteiger partial charge in [-0.3, -0.25) is 4.79 Å². The Balaban J connectivity index is 2.32. The molecule has 0 aromatic rings. The van der Waals surface area contributed by atoms with Crippen LogP contribution in [0, 0.1) is 17.2 Å². The van der Waals surface area contributed by atoms with E-state index in [1.807, 2.05) is 13.1 Å². The van der Waals surface area contributed by atoms with Crippen LogP contribution >= 0.6 is 0 Å². The van der Waals surface area contributed by atoms with Crippen molar-refractivity contribution in [3.05, 3.63) is 0 Å². The SMILES string of the molecule is CNC1COCC1C(=O)NCCC#N. The molecule has 2 unspecified atom stereocenters. The van der Waals surface area contributed by atoms with Crippen molar-refractivity contribution in [3.8, 4) is 6.07 Å². The van der Waals surface area contributed by atoms with Gasteiger partial charge in [0.15, 0.2) is 0 Å². The summed E-state index contributed by atoms with van der Waals surface area (Å²) in [5.74, 6) is -0.157. The fourth-order valence-corrected chi connectivity index (χ4v) is 1.47. The molecule has 1 rings (SSSR count). The van der Waals surface area contributed by atoms with Crippen LogP contribution in [0.25, 0.3) is 0 Å². The Morgan fingerprint density at radius 1 is 1.64 bits per heavy atom. The van der Waals surface area contributed by atoms with Gasteiger partial charge in [-0.1, -0.05) is 0 Å². The fourth-order valence-electron chi connectivity index (χ4n) is 1.47. The number of hydrogen-bond acceptors (Lipinski definition) is 4. The molecular formula is C9H15N3O2. The van der Waals surface area contributed by atoms with E-state index in [1.165, 1.54) is 0 Å². The molecule has 1 aliphatic heterocycles. The van der Waals surface area contributed by atoms with E-state index in [9.17, 15) is 4.79 Å². The molecule has 1 aliphatic rings. The molecule has 5 heteroatoms. The van der Waals surface area contributed by atoms with Crippen molar-refractivity contribution in [3.63, 3.8) is 0 Å². The first-order chi connectivity index (χ1) is 6.79. The highest BCUT2D eigenvalue weighted by Crippen LogP contribution is 2.13. The highest BCUT2D eigenvalue weighted by molar-refractivity contribution is 5.79. The van der Waals surface area contributed by atoms with Gasteiger partial charge < -0.3 is 15.4 Å². The molecule has 2 N–H and O–H groups in total. The number of carbonyl (C=O) groups is 1. The third-order valence-electron chi connectivity index (χ3n) is 2.32. The topological polar surface area (TPSA) is 74.2 Å². The van der Waals surface area contributed by atoms with Gasteiger partial charge in [-0.2, -0.15) is 5.26 Å². The quantitative estimate of drug-likeness (QED) is 0.582. The Hall–Kier alpha value is -1.12. The van der Waals surface area contributed by atoms with E-state index in [4.69, 9.17) is 10.00 Å². The lowest BCUT2D eigenvalue weighted by Crippen LogP contribution is -2.42. The van der Waals surface area contributed by atoms with Crippen LogP contribution in [0.3, 0.4) is 0 Å². The lowest BCUT2D eigenvalue weighted by molar-refractivity contribution is -0.125. The van der Waals surface area contributed by atoms with Crippen molar-refractivity contribution in [1.82, 2.24) is 10.6 Å². The molecule has 0 spiro atoms. The molecular weight excluding hydrogens is 182 g/mol. The third kappa shape index (κ3) is 2.69. The first-order valence-corrected chi connectivity index (χ1v) is 4.69. The lowest BCUT2D eigenvalue weighted by atomic mass is 10.0. The zero-order chi connectivity index (χ0) is 10.4. The smallest absolute Gasteiger partial charge is 0.227 e. The number of hydrogen-bond donors (Lipinski definition) is 2. The minimum absolute atomic E-state index is 0.0305. The zero-order valence-corrected chi connectivity index (χ0v) is 8.25. The second-order valence-electron chi connectivity index (χ2n) is 3.24. The fraction of sp³-hybridized carbons (Fsp3) is 0.778. The maximum absolute atomic E-state index is 11.5. The molecule has 14 heavy (non-hydrogen) atoms. The van der Waals surface area contributed by atoms with Crippen LogP contribution in [0.2, 0.25) is 0 Å². The molecule has 0 bridgehead atoms. The first-order valence-electron chi connectivity index (χ1n) is 4.69. The van der Waals surface area contributed by atoms with E-state index >= 15 is 0 Å². The van der Waals surface area contributed by atoms with Gasteiger partial charge in [-0.25, -0.2) is 0 Å². The molecule has 0 aliphatic carbocycles. The highest BCUT2D eigenvalue weighted by Gasteiger charge is 2.32. The zero-order valence-electron chi connectivity index (χ0n) is 8.25. The monoisotopic (exact) mass is 197 g/mol. The Kier molecular flexibility index (Phi) is 4.36. The Morgan fingerprint density at radius 2 is 2.43 bits per heavy atom. The summed E-state index contributed by atoms with van der Waals surface area (Å²) < 4.78 is 5.20. The van der Waals surface area contributed by atoms with Crippen molar-refractivity contribution in [2.75, 3.05) is 26.8 Å². The number of amides is 1. The lowest BCUT2D eigenvalue weighted by Gasteiger charge is -2.15. The van der Waals surface area contributed by atoms with Gasteiger partial charge in [-0.05, 0) is 7.05 Å². The number of ether oxygens (including phenoxy) is 1. The van der Waals surface area contributed by atoms with E-state index in [-0.39, 0.29) is 17.9 Å². The summed E-state index contributed by atoms with van der Waals surface area (Å²) in [6.45, 7) is 1.46. The van der Waals surface area contributed by atoms with Crippen molar-refractivity contribution < 1.29 is 9.53 Å². The van der Waals surface area contributed by atoms with Crippen molar-refractivity contribution >= 4 is 5.91 Å². The minimum atomic E-state index is -0.126. The van der Waals surface area contributed by atoms with E-state index < -0.39 is 0 Å². The third-order valence-corrected chi connectivity index (χ3v) is 2.32. The molecule has 1 heterocycles. The average Bonchev–Trinajstić information content (AvgIpc) is 2.65. The van der Waals surface area contributed by atoms with Crippen LogP contribution in [0.5, 0.6) is 0 Å². The minimum Gasteiger partial charge on any atom is -0.379 e. The molecule has 0 aromatic heterocycles. The molecule has 1 fully saturated rings. The van der Waals surface area contributed by atoms with E-state index in [0.29, 0.717) is 26.2 Å². The molecule has 2 atom stereocenters. The average molecular weight is 197 g/mol. The number of rotatable bonds is 4. The van der Waals surface area contributed by atoms with E-state index in [1.54, 1.807) is 0 Å². The summed E-state index contributed by atoms with van der Waals surface area (Å²) in [5.41, 5.74) is 0. The summed E-state index contributed by atoms with van der Waals surface area (Å²) in [6, 6.07) is 2.07. The van der Waals surface area contributed by atoms with Gasteiger partial charge in [0, 0.05) is 12.6 Å². The van der Waals surface area contributed by atoms with Gasteiger partial charge in [0.1, 0.15) is 0 Å². The standard InChI is InChI=1S/C9H15N3O2/c1-11-8-6-14-5-7(8)9(13)12-4-2-3-10/h7-8,11H,2,4-6H2,1H3,(H,12,13). The summed E-state index contributed by atoms with van der Waals surface area (Å²) in [4.78, 5) is 11.5. The Bertz CT molecular complexity index is 237. The van der Waals surface area contributed by atoms with Gasteiger partial charge in [0.25, 0.3) is 0 Å². The molecule has 0 saturated carbocycles. The van der Waals surface area contributed by atoms with Crippen LogP contribution in [0.1, 0.15) is 6.42 Å². The first kappa shape index (κ1) is 11.0. The number of nitriles is 1. The number of nitrogens with one attached hydrogen (secondary N) is 2. The van der Waals surface area contributed by atoms with Crippen LogP contribution in [0.4, 0.5) is 0 Å². The molecule has 1 saturated heterocycles. The second kappa shape index (κ2) is 5.58. The molecule has 0 radical (unpaired) electrons. The van der Waals surface area contributed by atoms with Gasteiger partial charge >= 0.3 is 0 Å². The maximum Gasteiger partial charge on any atom is 0.227 e. The van der Waals surface area contributed by atoms with Gasteiger partial charge in [-0.15, -0.1) is 0 Å². The number of likely N-dealkylation sites (N-methyl/N-ethyl adjacent to an activating group) is 1. The summed E-state index contributed by atoms with van der Waals surface area (Å²) in [5, 5.41) is 14.0. The summed E-state index contributed by atoms with van der Waals surface area (Å²) >= 11 is 0. The molecule has 1 amide bonds. The molecule has 0 aromatic carbocycles. The van der Waals surface area contributed by atoms with Crippen molar-refractivity contribution in [2.24, 2.45) is 5.92 Å². The van der Waals surface area contributed by atoms with E-state index in [2.05, 4.69) is 10.6 Å². The Labute approximate surface area is 83.4 Å². The predicted octanol–water partition coefficient (Wildman–Crippen LogP) is -0.749. The largest absolute Gasteiger partial charge is 0.379 e. The van der Waals surface area contributed by atoms with Crippen LogP contribution in [-0.4, -0.2) is 38.8 Å².